The van der Waals surface area contributed by atoms with Crippen molar-refractivity contribution in [3.05, 3.63) is 54.1 Å². The van der Waals surface area contributed by atoms with Crippen LogP contribution in [0.5, 0.6) is 0 Å². The van der Waals surface area contributed by atoms with Gasteiger partial charge >= 0.3 is 0 Å². The molecule has 0 unspecified atom stereocenters. The Labute approximate surface area is 139 Å². The van der Waals surface area contributed by atoms with Crippen LogP contribution in [0, 0.1) is 0 Å². The zero-order chi connectivity index (χ0) is 16.2. The third kappa shape index (κ3) is 3.56. The zero-order valence-corrected chi connectivity index (χ0v) is 13.7. The average molecular weight is 326 g/mol. The highest BCUT2D eigenvalue weighted by atomic mass is 32.2. The number of hydrogen-bond donors (Lipinski definition) is 1. The highest BCUT2D eigenvalue weighted by Gasteiger charge is 2.22. The number of anilines is 2. The summed E-state index contributed by atoms with van der Waals surface area (Å²) in [6, 6.07) is 15.1. The van der Waals surface area contributed by atoms with Gasteiger partial charge < -0.3 is 10.2 Å². The van der Waals surface area contributed by atoms with Crippen LogP contribution in [0.15, 0.2) is 53.4 Å². The first-order chi connectivity index (χ1) is 11.1. The first kappa shape index (κ1) is 15.6. The second-order valence-corrected chi connectivity index (χ2v) is 6.53. The number of thioether (sulfide) groups is 1. The van der Waals surface area contributed by atoms with Crippen molar-refractivity contribution >= 4 is 35.0 Å². The molecule has 1 N–H and O–H groups in total. The Hall–Kier alpha value is -2.27. The summed E-state index contributed by atoms with van der Waals surface area (Å²) in [6.45, 7) is 2.16. The van der Waals surface area contributed by atoms with Crippen molar-refractivity contribution < 1.29 is 9.59 Å². The van der Waals surface area contributed by atoms with Crippen molar-refractivity contribution in [2.24, 2.45) is 0 Å². The van der Waals surface area contributed by atoms with Crippen molar-refractivity contribution in [2.75, 3.05) is 22.5 Å². The predicted octanol–water partition coefficient (Wildman–Crippen LogP) is 3.79. The van der Waals surface area contributed by atoms with E-state index >= 15 is 0 Å². The second-order valence-electron chi connectivity index (χ2n) is 5.39. The fraction of sp³-hybridized carbons (Fsp3) is 0.222. The molecule has 4 nitrogen and oxygen atoms in total. The summed E-state index contributed by atoms with van der Waals surface area (Å²) in [5.41, 5.74) is 2.18. The van der Waals surface area contributed by atoms with E-state index in [1.165, 1.54) is 6.92 Å². The maximum absolute atomic E-state index is 13.0. The van der Waals surface area contributed by atoms with Crippen molar-refractivity contribution in [2.45, 2.75) is 18.2 Å². The zero-order valence-electron chi connectivity index (χ0n) is 12.9. The molecule has 0 radical (unpaired) electrons. The summed E-state index contributed by atoms with van der Waals surface area (Å²) < 4.78 is 0. The monoisotopic (exact) mass is 326 g/mol. The number of amides is 2. The number of hydrogen-bond acceptors (Lipinski definition) is 3. The number of fused-ring (bicyclic) bond motifs is 1. The Bertz CT molecular complexity index is 745. The number of para-hydroxylation sites is 1. The van der Waals surface area contributed by atoms with Gasteiger partial charge in [0.1, 0.15) is 0 Å². The highest BCUT2D eigenvalue weighted by Crippen LogP contribution is 2.34. The molecule has 0 aromatic heterocycles. The molecule has 2 aromatic carbocycles. The number of carbonyl (C=O) groups is 2. The number of carbonyl (C=O) groups excluding carboxylic acids is 2. The van der Waals surface area contributed by atoms with Crippen molar-refractivity contribution in [3.8, 4) is 0 Å². The molecule has 0 spiro atoms. The van der Waals surface area contributed by atoms with Crippen molar-refractivity contribution in [3.63, 3.8) is 0 Å². The number of nitrogens with one attached hydrogen (secondary N) is 1. The van der Waals surface area contributed by atoms with E-state index in [1.807, 2.05) is 23.1 Å². The third-order valence-corrected chi connectivity index (χ3v) is 4.76. The highest BCUT2D eigenvalue weighted by molar-refractivity contribution is 7.99. The molecule has 0 fully saturated rings. The average Bonchev–Trinajstić information content (AvgIpc) is 2.76. The smallest absolute Gasteiger partial charge is 0.258 e. The summed E-state index contributed by atoms with van der Waals surface area (Å²) in [6.07, 6.45) is 0.955. The largest absolute Gasteiger partial charge is 0.326 e. The summed E-state index contributed by atoms with van der Waals surface area (Å²) in [5, 5.41) is 2.72. The van der Waals surface area contributed by atoms with Crippen LogP contribution in [0.4, 0.5) is 11.4 Å². The van der Waals surface area contributed by atoms with Crippen LogP contribution in [-0.4, -0.2) is 24.1 Å². The Morgan fingerprint density at radius 1 is 1.13 bits per heavy atom. The topological polar surface area (TPSA) is 49.4 Å². The summed E-state index contributed by atoms with van der Waals surface area (Å²) in [4.78, 5) is 27.1. The molecule has 2 aromatic rings. The fourth-order valence-electron chi connectivity index (χ4n) is 2.63. The molecule has 1 heterocycles. The van der Waals surface area contributed by atoms with E-state index < -0.39 is 0 Å². The fourth-order valence-corrected chi connectivity index (χ4v) is 3.62. The van der Waals surface area contributed by atoms with Gasteiger partial charge in [0, 0.05) is 29.6 Å². The Morgan fingerprint density at radius 2 is 1.96 bits per heavy atom. The third-order valence-electron chi connectivity index (χ3n) is 3.61. The number of benzene rings is 2. The molecular weight excluding hydrogens is 308 g/mol. The lowest BCUT2D eigenvalue weighted by Gasteiger charge is -2.22. The van der Waals surface area contributed by atoms with E-state index in [1.54, 1.807) is 36.0 Å². The van der Waals surface area contributed by atoms with Gasteiger partial charge in [-0.25, -0.2) is 0 Å². The van der Waals surface area contributed by atoms with E-state index in [0.29, 0.717) is 17.8 Å². The molecule has 0 saturated heterocycles. The van der Waals surface area contributed by atoms with Gasteiger partial charge in [-0.05, 0) is 42.5 Å². The van der Waals surface area contributed by atoms with Gasteiger partial charge in [-0.3, -0.25) is 9.59 Å². The van der Waals surface area contributed by atoms with Crippen LogP contribution in [0.25, 0.3) is 0 Å². The van der Waals surface area contributed by atoms with E-state index in [9.17, 15) is 9.59 Å². The maximum Gasteiger partial charge on any atom is 0.258 e. The molecular formula is C18H18N2O2S. The number of nitrogens with zero attached hydrogens (tertiary/aromatic N) is 1. The minimum absolute atomic E-state index is 0.0350. The summed E-state index contributed by atoms with van der Waals surface area (Å²) in [5.74, 6) is 0.825. The van der Waals surface area contributed by atoms with Gasteiger partial charge in [0.05, 0.1) is 5.69 Å². The standard InChI is InChI=1S/C18H18N2O2S/c1-13(21)19-15-7-4-6-14(12-15)18(22)20-10-5-11-23-17-9-3-2-8-16(17)20/h2-4,6-9,12H,5,10-11H2,1H3,(H,19,21). The van der Waals surface area contributed by atoms with Gasteiger partial charge in [-0.1, -0.05) is 18.2 Å². The van der Waals surface area contributed by atoms with Gasteiger partial charge in [0.15, 0.2) is 0 Å². The van der Waals surface area contributed by atoms with Crippen LogP contribution in [0.3, 0.4) is 0 Å². The molecule has 1 aliphatic heterocycles. The molecule has 0 saturated carbocycles. The van der Waals surface area contributed by atoms with Crippen LogP contribution in [-0.2, 0) is 4.79 Å². The van der Waals surface area contributed by atoms with Crippen LogP contribution >= 0.6 is 11.8 Å². The molecule has 0 atom stereocenters. The Morgan fingerprint density at radius 3 is 2.78 bits per heavy atom. The molecule has 1 aliphatic rings. The van der Waals surface area contributed by atoms with E-state index in [4.69, 9.17) is 0 Å². The first-order valence-corrected chi connectivity index (χ1v) is 8.55. The molecule has 5 heteroatoms. The Balaban J connectivity index is 1.92. The van der Waals surface area contributed by atoms with Crippen molar-refractivity contribution in [1.82, 2.24) is 0 Å². The molecule has 0 aliphatic carbocycles. The summed E-state index contributed by atoms with van der Waals surface area (Å²) >= 11 is 1.79. The predicted molar refractivity (Wildman–Crippen MR) is 94.2 cm³/mol. The van der Waals surface area contributed by atoms with Crippen LogP contribution in [0.1, 0.15) is 23.7 Å². The minimum Gasteiger partial charge on any atom is -0.326 e. The van der Waals surface area contributed by atoms with E-state index in [-0.39, 0.29) is 11.8 Å². The van der Waals surface area contributed by atoms with Crippen LogP contribution in [0.2, 0.25) is 0 Å². The maximum atomic E-state index is 13.0. The molecule has 3 rings (SSSR count). The molecule has 118 valence electrons. The minimum atomic E-state index is -0.147. The normalized spacial score (nSPS) is 13.9. The molecule has 0 bridgehead atoms. The Kier molecular flexibility index (Phi) is 4.67. The van der Waals surface area contributed by atoms with Gasteiger partial charge in [-0.2, -0.15) is 0 Å². The van der Waals surface area contributed by atoms with Gasteiger partial charge in [0.25, 0.3) is 5.91 Å². The number of rotatable bonds is 2. The lowest BCUT2D eigenvalue weighted by atomic mass is 10.1. The van der Waals surface area contributed by atoms with E-state index in [2.05, 4.69) is 11.4 Å². The SMILES string of the molecule is CC(=O)Nc1cccc(C(=O)N2CCCSc3ccccc32)c1. The van der Waals surface area contributed by atoms with Crippen LogP contribution < -0.4 is 10.2 Å². The lowest BCUT2D eigenvalue weighted by Crippen LogP contribution is -2.31. The van der Waals surface area contributed by atoms with Gasteiger partial charge in [0.2, 0.25) is 5.91 Å². The van der Waals surface area contributed by atoms with Gasteiger partial charge in [-0.15, -0.1) is 11.8 Å². The lowest BCUT2D eigenvalue weighted by molar-refractivity contribution is -0.114. The molecule has 23 heavy (non-hydrogen) atoms. The summed E-state index contributed by atoms with van der Waals surface area (Å²) in [7, 11) is 0. The van der Waals surface area contributed by atoms with E-state index in [0.717, 1.165) is 22.8 Å². The molecule has 2 amide bonds. The quantitative estimate of drug-likeness (QED) is 0.913. The second kappa shape index (κ2) is 6.87. The first-order valence-electron chi connectivity index (χ1n) is 7.56. The van der Waals surface area contributed by atoms with Crippen molar-refractivity contribution in [1.29, 1.82) is 0 Å².